The summed E-state index contributed by atoms with van der Waals surface area (Å²) < 4.78 is 68.4. The molecule has 0 saturated heterocycles. The van der Waals surface area contributed by atoms with E-state index in [4.69, 9.17) is 15.2 Å². The quantitative estimate of drug-likeness (QED) is 0.181. The van der Waals surface area contributed by atoms with Gasteiger partial charge >= 0.3 is 6.18 Å². The molecular weight excluding hydrogens is 622 g/mol. The molecule has 2 heterocycles. The molecular formula is C33H33F4N5O5. The van der Waals surface area contributed by atoms with Gasteiger partial charge in [-0.05, 0) is 74.9 Å². The van der Waals surface area contributed by atoms with Crippen molar-refractivity contribution in [2.45, 2.75) is 56.8 Å². The lowest BCUT2D eigenvalue weighted by Gasteiger charge is -2.30. The maximum Gasteiger partial charge on any atom is 0.416 e. The van der Waals surface area contributed by atoms with Crippen molar-refractivity contribution >= 4 is 22.7 Å². The van der Waals surface area contributed by atoms with E-state index in [0.29, 0.717) is 47.7 Å². The van der Waals surface area contributed by atoms with Crippen LogP contribution in [0.2, 0.25) is 0 Å². The highest BCUT2D eigenvalue weighted by Gasteiger charge is 2.47. The third kappa shape index (κ3) is 6.46. The first-order chi connectivity index (χ1) is 22.3. The van der Waals surface area contributed by atoms with Crippen molar-refractivity contribution < 1.29 is 41.7 Å². The number of fused-ring (bicyclic) bond motifs is 1. The molecule has 4 aromatic rings. The van der Waals surface area contributed by atoms with Crippen LogP contribution >= 0.6 is 0 Å². The number of carbonyl (C=O) groups is 2. The molecule has 0 radical (unpaired) electrons. The van der Waals surface area contributed by atoms with Crippen molar-refractivity contribution in [2.24, 2.45) is 11.7 Å². The average Bonchev–Trinajstić information content (AvgIpc) is 3.96. The lowest BCUT2D eigenvalue weighted by molar-refractivity contribution is -0.137. The molecule has 2 aliphatic carbocycles. The SMILES string of the molecule is CCOc1c(CC(N)=O)cc([C@@](O)(CNC(=O)c2cc(OC)c3nn(C4CC4)cc3c2)C2CC2)nc1-c1ccc(C(F)(F)F)cc1F. The van der Waals surface area contributed by atoms with Crippen molar-refractivity contribution in [1.29, 1.82) is 0 Å². The first-order valence-electron chi connectivity index (χ1n) is 15.2. The summed E-state index contributed by atoms with van der Waals surface area (Å²) in [7, 11) is 1.48. The zero-order valence-corrected chi connectivity index (χ0v) is 25.7. The highest BCUT2D eigenvalue weighted by Crippen LogP contribution is 2.47. The molecule has 2 aromatic heterocycles. The number of pyridine rings is 1. The number of primary amides is 1. The van der Waals surface area contributed by atoms with Gasteiger partial charge in [0.25, 0.3) is 5.91 Å². The van der Waals surface area contributed by atoms with Crippen LogP contribution in [0.25, 0.3) is 22.2 Å². The van der Waals surface area contributed by atoms with Gasteiger partial charge in [0.2, 0.25) is 5.91 Å². The Hall–Kier alpha value is -4.72. The number of amides is 2. The Balaban J connectivity index is 1.38. The summed E-state index contributed by atoms with van der Waals surface area (Å²) in [4.78, 5) is 30.1. The third-order valence-electron chi connectivity index (χ3n) is 8.46. The molecule has 0 unspecified atom stereocenters. The number of alkyl halides is 3. The van der Waals surface area contributed by atoms with Crippen LogP contribution in [0.5, 0.6) is 11.5 Å². The van der Waals surface area contributed by atoms with E-state index >= 15 is 4.39 Å². The summed E-state index contributed by atoms with van der Waals surface area (Å²) in [5, 5.41) is 20.2. The molecule has 1 atom stereocenters. The Morgan fingerprint density at radius 1 is 1.13 bits per heavy atom. The molecule has 2 saturated carbocycles. The van der Waals surface area contributed by atoms with E-state index in [0.717, 1.165) is 18.9 Å². The van der Waals surface area contributed by atoms with Gasteiger partial charge in [0.05, 0.1) is 44.0 Å². The Labute approximate surface area is 266 Å². The number of carbonyl (C=O) groups excluding carboxylic acids is 2. The summed E-state index contributed by atoms with van der Waals surface area (Å²) in [5.74, 6) is -2.51. The van der Waals surface area contributed by atoms with Crippen molar-refractivity contribution in [2.75, 3.05) is 20.3 Å². The van der Waals surface area contributed by atoms with E-state index in [1.165, 1.54) is 13.2 Å². The zero-order chi connectivity index (χ0) is 33.7. The van der Waals surface area contributed by atoms with Gasteiger partial charge in [0.15, 0.2) is 0 Å². The second-order valence-corrected chi connectivity index (χ2v) is 12.0. The van der Waals surface area contributed by atoms with Gasteiger partial charge in [-0.3, -0.25) is 14.3 Å². The van der Waals surface area contributed by atoms with E-state index in [9.17, 15) is 27.9 Å². The van der Waals surface area contributed by atoms with Crippen molar-refractivity contribution in [3.8, 4) is 22.8 Å². The molecule has 2 aromatic carbocycles. The molecule has 2 aliphatic rings. The Kier molecular flexibility index (Phi) is 8.32. The lowest BCUT2D eigenvalue weighted by atomic mass is 9.90. The Bertz CT molecular complexity index is 1870. The van der Waals surface area contributed by atoms with E-state index in [1.807, 2.05) is 10.9 Å². The van der Waals surface area contributed by atoms with E-state index in [-0.39, 0.29) is 59.3 Å². The van der Waals surface area contributed by atoms with Crippen LogP contribution in [0.4, 0.5) is 17.6 Å². The molecule has 2 fully saturated rings. The van der Waals surface area contributed by atoms with Crippen LogP contribution in [0, 0.1) is 11.7 Å². The first kappa shape index (κ1) is 32.2. The van der Waals surface area contributed by atoms with Crippen molar-refractivity contribution in [1.82, 2.24) is 20.1 Å². The van der Waals surface area contributed by atoms with E-state index in [2.05, 4.69) is 15.4 Å². The van der Waals surface area contributed by atoms with Crippen molar-refractivity contribution in [3.05, 3.63) is 70.8 Å². The molecule has 2 amide bonds. The minimum Gasteiger partial charge on any atom is -0.494 e. The molecule has 248 valence electrons. The lowest BCUT2D eigenvalue weighted by Crippen LogP contribution is -2.43. The number of aliphatic hydroxyl groups is 1. The van der Waals surface area contributed by atoms with Crippen LogP contribution in [0.15, 0.2) is 42.6 Å². The molecule has 10 nitrogen and oxygen atoms in total. The monoisotopic (exact) mass is 655 g/mol. The highest BCUT2D eigenvalue weighted by atomic mass is 19.4. The highest BCUT2D eigenvalue weighted by molar-refractivity contribution is 6.00. The summed E-state index contributed by atoms with van der Waals surface area (Å²) in [5.41, 5.74) is 3.00. The number of rotatable bonds is 12. The summed E-state index contributed by atoms with van der Waals surface area (Å²) in [6.07, 6.45) is -0.104. The molecule has 0 spiro atoms. The predicted molar refractivity (Wildman–Crippen MR) is 162 cm³/mol. The van der Waals surface area contributed by atoms with Gasteiger partial charge < -0.3 is 25.6 Å². The van der Waals surface area contributed by atoms with Crippen LogP contribution in [-0.4, -0.2) is 51.9 Å². The van der Waals surface area contributed by atoms with Gasteiger partial charge in [-0.15, -0.1) is 0 Å². The van der Waals surface area contributed by atoms with Crippen LogP contribution in [0.3, 0.4) is 0 Å². The van der Waals surface area contributed by atoms with E-state index < -0.39 is 35.0 Å². The van der Waals surface area contributed by atoms with Crippen LogP contribution in [-0.2, 0) is 23.0 Å². The largest absolute Gasteiger partial charge is 0.494 e. The maximum atomic E-state index is 15.3. The van der Waals surface area contributed by atoms with E-state index in [1.54, 1.807) is 19.1 Å². The number of nitrogens with one attached hydrogen (secondary N) is 1. The topological polar surface area (TPSA) is 142 Å². The number of aromatic nitrogens is 3. The fourth-order valence-electron chi connectivity index (χ4n) is 5.75. The van der Waals surface area contributed by atoms with Crippen LogP contribution in [0.1, 0.15) is 65.8 Å². The number of nitrogens with zero attached hydrogens (tertiary/aromatic N) is 3. The number of nitrogens with two attached hydrogens (primary N) is 1. The number of benzene rings is 2. The minimum atomic E-state index is -4.79. The third-order valence-corrected chi connectivity index (χ3v) is 8.46. The second-order valence-electron chi connectivity index (χ2n) is 12.0. The van der Waals surface area contributed by atoms with Gasteiger partial charge in [-0.2, -0.15) is 18.3 Å². The predicted octanol–water partition coefficient (Wildman–Crippen LogP) is 5.05. The Morgan fingerprint density at radius 2 is 1.87 bits per heavy atom. The average molecular weight is 656 g/mol. The molecule has 6 rings (SSSR count). The summed E-state index contributed by atoms with van der Waals surface area (Å²) in [6, 6.07) is 6.95. The minimum absolute atomic E-state index is 0.0203. The fourth-order valence-corrected chi connectivity index (χ4v) is 5.75. The van der Waals surface area contributed by atoms with Crippen molar-refractivity contribution in [3.63, 3.8) is 0 Å². The number of hydrogen-bond acceptors (Lipinski definition) is 7. The number of hydrogen-bond donors (Lipinski definition) is 3. The standard InChI is InChI=1S/C33H33F4N5O5/c1-3-47-30-17(13-27(38)43)12-26(40-29(30)23-9-6-21(14-24(23)34)33(35,36)37)32(45,20-4-5-20)16-39-31(44)18-10-19-15-42(22-7-8-22)41-28(19)25(11-18)46-2/h6,9-12,14-15,20,22,45H,3-5,7-8,13,16H2,1-2H3,(H2,38,43)(H,39,44)/t32-/m1/s1. The zero-order valence-electron chi connectivity index (χ0n) is 25.7. The van der Waals surface area contributed by atoms with Gasteiger partial charge in [-0.25, -0.2) is 9.37 Å². The summed E-state index contributed by atoms with van der Waals surface area (Å²) >= 11 is 0. The summed E-state index contributed by atoms with van der Waals surface area (Å²) in [6.45, 7) is 1.37. The molecule has 0 bridgehead atoms. The molecule has 0 aliphatic heterocycles. The molecule has 14 heteroatoms. The molecule has 47 heavy (non-hydrogen) atoms. The van der Waals surface area contributed by atoms with Gasteiger partial charge in [-0.1, -0.05) is 0 Å². The number of halogens is 4. The number of ether oxygens (including phenoxy) is 2. The fraction of sp³-hybridized carbons (Fsp3) is 0.394. The normalized spacial score (nSPS) is 16.1. The number of methoxy groups -OCH3 is 1. The Morgan fingerprint density at radius 3 is 2.47 bits per heavy atom. The first-order valence-corrected chi connectivity index (χ1v) is 15.2. The van der Waals surface area contributed by atoms with Crippen LogP contribution < -0.4 is 20.5 Å². The smallest absolute Gasteiger partial charge is 0.416 e. The molecule has 4 N–H and O–H groups in total. The maximum absolute atomic E-state index is 15.3. The second kappa shape index (κ2) is 12.1. The van der Waals surface area contributed by atoms with Gasteiger partial charge in [0, 0.05) is 28.3 Å². The van der Waals surface area contributed by atoms with Gasteiger partial charge in [0.1, 0.15) is 34.1 Å².